The van der Waals surface area contributed by atoms with Gasteiger partial charge in [0.2, 0.25) is 40.2 Å². The second-order valence-electron chi connectivity index (χ2n) is 8.44. The summed E-state index contributed by atoms with van der Waals surface area (Å²) in [6, 6.07) is 5.62. The van der Waals surface area contributed by atoms with Crippen molar-refractivity contribution >= 4 is 15.8 Å². The van der Waals surface area contributed by atoms with Gasteiger partial charge in [-0.05, 0) is 30.7 Å². The number of benzene rings is 1. The van der Waals surface area contributed by atoms with Crippen molar-refractivity contribution in [1.82, 2.24) is 19.9 Å². The van der Waals surface area contributed by atoms with E-state index in [9.17, 15) is 39.1 Å². The quantitative estimate of drug-likeness (QED) is 0.0834. The minimum Gasteiger partial charge on any atom is -0.502 e. The number of anilines is 1. The number of nitrogens with zero attached hydrogens (tertiary/aromatic N) is 4. The first kappa shape index (κ1) is 28.9. The van der Waals surface area contributed by atoms with Crippen molar-refractivity contribution in [3.63, 3.8) is 0 Å². The summed E-state index contributed by atoms with van der Waals surface area (Å²) in [7, 11) is -3.49. The molecule has 16 nitrogen and oxygen atoms in total. The minimum absolute atomic E-state index is 0.207. The van der Waals surface area contributed by atoms with Gasteiger partial charge in [-0.2, -0.15) is 13.4 Å². The summed E-state index contributed by atoms with van der Waals surface area (Å²) in [4.78, 5) is 16.1. The van der Waals surface area contributed by atoms with E-state index in [0.717, 1.165) is 14.0 Å². The average Bonchev–Trinajstić information content (AvgIpc) is 2.91. The Morgan fingerprint density at radius 1 is 0.878 bits per heavy atom. The Kier molecular flexibility index (Phi) is 7.60. The van der Waals surface area contributed by atoms with Crippen LogP contribution in [0.25, 0.3) is 11.4 Å². The van der Waals surface area contributed by atoms with Crippen LogP contribution in [0.5, 0.6) is 46.1 Å². The van der Waals surface area contributed by atoms with Crippen molar-refractivity contribution in [1.29, 1.82) is 0 Å². The third-order valence-corrected chi connectivity index (χ3v) is 6.43. The van der Waals surface area contributed by atoms with E-state index in [0.29, 0.717) is 5.56 Å². The van der Waals surface area contributed by atoms with E-state index >= 15 is 0 Å². The molecule has 0 unspecified atom stereocenters. The number of ether oxygens (including phenoxy) is 3. The van der Waals surface area contributed by atoms with Gasteiger partial charge in [0.15, 0.2) is 16.7 Å². The number of nitrogens with one attached hydrogen (secondary N) is 1. The summed E-state index contributed by atoms with van der Waals surface area (Å²) in [5.41, 5.74) is 0.952. The van der Waals surface area contributed by atoms with E-state index in [1.807, 2.05) is 0 Å². The molecule has 7 N–H and O–H groups in total. The largest absolute Gasteiger partial charge is 0.502 e. The molecule has 4 rings (SSSR count). The SMILES string of the molecule is COc1c(O)c(O)c(O)c(O)c1Oc1c(NS(=O)(=O)c2ccc(C)cn2)nc(-c2ccncc2)nc1OC(C)(O)O. The number of sulfonamides is 1. The lowest BCUT2D eigenvalue weighted by Crippen LogP contribution is -2.31. The molecule has 0 bridgehead atoms. The Bertz CT molecular complexity index is 1690. The summed E-state index contributed by atoms with van der Waals surface area (Å²) in [6.45, 7) is 2.50. The standard InChI is InChI=1S/C24H23N5O11S/c1-11-4-5-13(26-10-11)41(36,37)29-22-20(39-19-17(33)15(31)14(30)16(32)18(19)38-3)23(40-24(2,34)35)28-21(27-22)12-6-8-25-9-7-12/h4-10,30-35H,1-3H3,(H,27,28,29). The fourth-order valence-corrected chi connectivity index (χ4v) is 4.24. The second-order valence-corrected chi connectivity index (χ2v) is 10.1. The molecule has 0 saturated carbocycles. The van der Waals surface area contributed by atoms with Gasteiger partial charge >= 0.3 is 5.97 Å². The zero-order valence-electron chi connectivity index (χ0n) is 21.5. The number of rotatable bonds is 9. The first-order valence-electron chi connectivity index (χ1n) is 11.3. The molecule has 1 aromatic carbocycles. The molecule has 0 aliphatic heterocycles. The molecule has 3 heterocycles. The third kappa shape index (κ3) is 6.06. The van der Waals surface area contributed by atoms with Crippen LogP contribution in [-0.4, -0.2) is 72.1 Å². The predicted octanol–water partition coefficient (Wildman–Crippen LogP) is 1.70. The maximum absolute atomic E-state index is 13.3. The van der Waals surface area contributed by atoms with E-state index in [1.54, 1.807) is 6.92 Å². The van der Waals surface area contributed by atoms with Gasteiger partial charge in [-0.15, -0.1) is 0 Å². The first-order chi connectivity index (χ1) is 19.2. The van der Waals surface area contributed by atoms with E-state index in [1.165, 1.54) is 42.9 Å². The molecule has 0 radical (unpaired) electrons. The summed E-state index contributed by atoms with van der Waals surface area (Å²) >= 11 is 0. The summed E-state index contributed by atoms with van der Waals surface area (Å²) < 4.78 is 44.4. The molecule has 41 heavy (non-hydrogen) atoms. The summed E-state index contributed by atoms with van der Waals surface area (Å²) in [5, 5.41) is 60.3. The Labute approximate surface area is 231 Å². The van der Waals surface area contributed by atoms with Crippen molar-refractivity contribution in [3.8, 4) is 57.5 Å². The molecule has 4 aromatic rings. The maximum Gasteiger partial charge on any atom is 0.320 e. The van der Waals surface area contributed by atoms with Crippen molar-refractivity contribution in [2.75, 3.05) is 11.8 Å². The number of aromatic nitrogens is 4. The molecule has 0 aliphatic rings. The van der Waals surface area contributed by atoms with Gasteiger partial charge < -0.3 is 44.8 Å². The van der Waals surface area contributed by atoms with Crippen LogP contribution >= 0.6 is 0 Å². The van der Waals surface area contributed by atoms with Gasteiger partial charge in [0.05, 0.1) is 7.11 Å². The summed E-state index contributed by atoms with van der Waals surface area (Å²) in [5.74, 6) is -11.6. The maximum atomic E-state index is 13.3. The zero-order valence-corrected chi connectivity index (χ0v) is 22.3. The van der Waals surface area contributed by atoms with Crippen molar-refractivity contribution in [2.24, 2.45) is 0 Å². The van der Waals surface area contributed by atoms with Crippen molar-refractivity contribution in [2.45, 2.75) is 24.8 Å². The van der Waals surface area contributed by atoms with Crippen LogP contribution in [0.4, 0.5) is 5.82 Å². The van der Waals surface area contributed by atoms with Gasteiger partial charge in [0, 0.05) is 31.1 Å². The van der Waals surface area contributed by atoms with Gasteiger partial charge in [0.25, 0.3) is 15.9 Å². The Balaban J connectivity index is 2.00. The molecular weight excluding hydrogens is 566 g/mol. The van der Waals surface area contributed by atoms with Gasteiger partial charge in [-0.1, -0.05) is 6.07 Å². The second kappa shape index (κ2) is 10.8. The Hall–Kier alpha value is -5.13. The normalized spacial score (nSPS) is 11.6. The lowest BCUT2D eigenvalue weighted by molar-refractivity contribution is -0.279. The number of aryl methyl sites for hydroxylation is 1. The molecule has 0 amide bonds. The zero-order chi connectivity index (χ0) is 30.1. The highest BCUT2D eigenvalue weighted by molar-refractivity contribution is 7.92. The topological polar surface area (TPSA) is 247 Å². The highest BCUT2D eigenvalue weighted by Crippen LogP contribution is 2.57. The Morgan fingerprint density at radius 3 is 2.07 bits per heavy atom. The predicted molar refractivity (Wildman–Crippen MR) is 138 cm³/mol. The number of phenolic OH excluding ortho intramolecular Hbond substituents is 4. The van der Waals surface area contributed by atoms with E-state index in [2.05, 4.69) is 24.7 Å². The number of pyridine rings is 2. The number of aliphatic hydroxyl groups is 2. The van der Waals surface area contributed by atoms with Crippen molar-refractivity contribution in [3.05, 3.63) is 48.4 Å². The molecule has 17 heteroatoms. The van der Waals surface area contributed by atoms with Crippen LogP contribution in [0.15, 0.2) is 47.9 Å². The molecule has 0 aliphatic carbocycles. The fraction of sp³-hybridized carbons (Fsp3) is 0.167. The van der Waals surface area contributed by atoms with Crippen LogP contribution < -0.4 is 18.9 Å². The molecule has 0 spiro atoms. The highest BCUT2D eigenvalue weighted by atomic mass is 32.2. The molecular formula is C24H23N5O11S. The molecule has 216 valence electrons. The van der Waals surface area contributed by atoms with Gasteiger partial charge in [-0.3, -0.25) is 9.71 Å². The number of aromatic hydroxyl groups is 4. The number of phenols is 4. The van der Waals surface area contributed by atoms with E-state index in [-0.39, 0.29) is 11.4 Å². The monoisotopic (exact) mass is 589 g/mol. The lowest BCUT2D eigenvalue weighted by atomic mass is 10.2. The highest BCUT2D eigenvalue weighted by Gasteiger charge is 2.33. The van der Waals surface area contributed by atoms with Crippen LogP contribution in [0.1, 0.15) is 12.5 Å². The Morgan fingerprint density at radius 2 is 1.51 bits per heavy atom. The fourth-order valence-electron chi connectivity index (χ4n) is 3.31. The molecule has 0 atom stereocenters. The van der Waals surface area contributed by atoms with E-state index < -0.39 is 73.0 Å². The number of methoxy groups -OCH3 is 1. The third-order valence-electron chi connectivity index (χ3n) is 5.17. The minimum atomic E-state index is -4.51. The number of hydrogen-bond donors (Lipinski definition) is 7. The number of hydrogen-bond acceptors (Lipinski definition) is 15. The van der Waals surface area contributed by atoms with Crippen LogP contribution in [-0.2, 0) is 10.0 Å². The van der Waals surface area contributed by atoms with Crippen molar-refractivity contribution < 1.29 is 53.3 Å². The van der Waals surface area contributed by atoms with Crippen LogP contribution in [0.2, 0.25) is 0 Å². The average molecular weight is 590 g/mol. The van der Waals surface area contributed by atoms with Crippen LogP contribution in [0.3, 0.4) is 0 Å². The molecule has 0 saturated heterocycles. The van der Waals surface area contributed by atoms with Crippen LogP contribution in [0, 0.1) is 6.92 Å². The summed E-state index contributed by atoms with van der Waals surface area (Å²) in [6.07, 6.45) is 4.07. The van der Waals surface area contributed by atoms with E-state index in [4.69, 9.17) is 14.2 Å². The first-order valence-corrected chi connectivity index (χ1v) is 12.8. The van der Waals surface area contributed by atoms with Gasteiger partial charge in [-0.25, -0.2) is 9.97 Å². The lowest BCUT2D eigenvalue weighted by Gasteiger charge is -2.22. The molecule has 0 fully saturated rings. The molecule has 3 aromatic heterocycles. The smallest absolute Gasteiger partial charge is 0.320 e. The van der Waals surface area contributed by atoms with Gasteiger partial charge in [0.1, 0.15) is 0 Å².